The standard InChI is InChI=1S/C22H22N2O3/c1-14-7-10-18(27-14)13-24(2)22(26)19-11-16-5-3-4-6-17(16)12-20(19)23-21(25)15-8-9-15/h3-7,10-12,15H,8-9,13H2,1-2H3,(H,23,25). The summed E-state index contributed by atoms with van der Waals surface area (Å²) in [7, 11) is 1.74. The van der Waals surface area contributed by atoms with E-state index >= 15 is 0 Å². The monoisotopic (exact) mass is 362 g/mol. The molecule has 1 heterocycles. The fourth-order valence-electron chi connectivity index (χ4n) is 3.18. The van der Waals surface area contributed by atoms with Crippen LogP contribution in [0.2, 0.25) is 0 Å². The molecular formula is C22H22N2O3. The molecule has 5 nitrogen and oxygen atoms in total. The van der Waals surface area contributed by atoms with Gasteiger partial charge >= 0.3 is 0 Å². The van der Waals surface area contributed by atoms with Crippen LogP contribution in [-0.4, -0.2) is 23.8 Å². The van der Waals surface area contributed by atoms with Crippen molar-refractivity contribution < 1.29 is 14.0 Å². The van der Waals surface area contributed by atoms with E-state index in [0.717, 1.165) is 35.1 Å². The van der Waals surface area contributed by atoms with Gasteiger partial charge in [0, 0.05) is 13.0 Å². The maximum Gasteiger partial charge on any atom is 0.256 e. The molecule has 0 aliphatic heterocycles. The lowest BCUT2D eigenvalue weighted by atomic mass is 10.0. The molecule has 1 N–H and O–H groups in total. The lowest BCUT2D eigenvalue weighted by Gasteiger charge is -2.19. The first-order chi connectivity index (χ1) is 13.0. The number of hydrogen-bond donors (Lipinski definition) is 1. The van der Waals surface area contributed by atoms with Crippen molar-refractivity contribution in [1.29, 1.82) is 0 Å². The normalized spacial score (nSPS) is 13.6. The van der Waals surface area contributed by atoms with Gasteiger partial charge < -0.3 is 14.6 Å². The molecule has 1 aliphatic carbocycles. The molecule has 2 aromatic carbocycles. The van der Waals surface area contributed by atoms with Gasteiger partial charge in [0.2, 0.25) is 5.91 Å². The molecule has 1 aliphatic rings. The van der Waals surface area contributed by atoms with Crippen LogP contribution in [0, 0.1) is 12.8 Å². The zero-order valence-corrected chi connectivity index (χ0v) is 15.5. The van der Waals surface area contributed by atoms with Crippen LogP contribution >= 0.6 is 0 Å². The fourth-order valence-corrected chi connectivity index (χ4v) is 3.18. The van der Waals surface area contributed by atoms with Crippen molar-refractivity contribution in [3.8, 4) is 0 Å². The van der Waals surface area contributed by atoms with Gasteiger partial charge in [-0.2, -0.15) is 0 Å². The van der Waals surface area contributed by atoms with Gasteiger partial charge in [0.1, 0.15) is 11.5 Å². The number of hydrogen-bond acceptors (Lipinski definition) is 3. The van der Waals surface area contributed by atoms with Gasteiger partial charge in [-0.3, -0.25) is 9.59 Å². The predicted molar refractivity (Wildman–Crippen MR) is 105 cm³/mol. The first kappa shape index (κ1) is 17.3. The van der Waals surface area contributed by atoms with E-state index in [4.69, 9.17) is 4.42 Å². The van der Waals surface area contributed by atoms with Crippen molar-refractivity contribution >= 4 is 28.3 Å². The molecule has 1 fully saturated rings. The van der Waals surface area contributed by atoms with Crippen LogP contribution in [0.15, 0.2) is 52.9 Å². The maximum atomic E-state index is 13.1. The van der Waals surface area contributed by atoms with E-state index < -0.39 is 0 Å². The summed E-state index contributed by atoms with van der Waals surface area (Å²) >= 11 is 0. The van der Waals surface area contributed by atoms with Crippen LogP contribution in [0.1, 0.15) is 34.7 Å². The third-order valence-corrected chi connectivity index (χ3v) is 4.86. The van der Waals surface area contributed by atoms with E-state index in [1.54, 1.807) is 11.9 Å². The zero-order valence-electron chi connectivity index (χ0n) is 15.5. The van der Waals surface area contributed by atoms with Gasteiger partial charge in [0.15, 0.2) is 0 Å². The highest BCUT2D eigenvalue weighted by Gasteiger charge is 2.30. The number of carbonyl (C=O) groups excluding carboxylic acids is 2. The zero-order chi connectivity index (χ0) is 19.0. The highest BCUT2D eigenvalue weighted by atomic mass is 16.3. The summed E-state index contributed by atoms with van der Waals surface area (Å²) in [5.41, 5.74) is 1.06. The minimum atomic E-state index is -0.152. The number of carbonyl (C=O) groups is 2. The van der Waals surface area contributed by atoms with E-state index in [1.807, 2.05) is 55.5 Å². The molecule has 1 saturated carbocycles. The van der Waals surface area contributed by atoms with Gasteiger partial charge in [-0.05, 0) is 54.8 Å². The summed E-state index contributed by atoms with van der Waals surface area (Å²) in [5.74, 6) is 1.45. The summed E-state index contributed by atoms with van der Waals surface area (Å²) in [6, 6.07) is 15.3. The third kappa shape index (κ3) is 3.72. The number of amides is 2. The maximum absolute atomic E-state index is 13.1. The van der Waals surface area contributed by atoms with Crippen LogP contribution in [0.5, 0.6) is 0 Å². The quantitative estimate of drug-likeness (QED) is 0.733. The molecular weight excluding hydrogens is 340 g/mol. The average molecular weight is 362 g/mol. The summed E-state index contributed by atoms with van der Waals surface area (Å²) < 4.78 is 5.58. The highest BCUT2D eigenvalue weighted by Crippen LogP contribution is 2.32. The largest absolute Gasteiger partial charge is 0.464 e. The summed E-state index contributed by atoms with van der Waals surface area (Å²) in [4.78, 5) is 27.0. The molecule has 27 heavy (non-hydrogen) atoms. The van der Waals surface area contributed by atoms with Crippen molar-refractivity contribution in [2.45, 2.75) is 26.3 Å². The summed E-state index contributed by atoms with van der Waals surface area (Å²) in [6.07, 6.45) is 1.83. The molecule has 0 unspecified atom stereocenters. The molecule has 0 saturated heterocycles. The highest BCUT2D eigenvalue weighted by molar-refractivity contribution is 6.08. The van der Waals surface area contributed by atoms with Crippen molar-refractivity contribution in [1.82, 2.24) is 4.90 Å². The smallest absolute Gasteiger partial charge is 0.256 e. The van der Waals surface area contributed by atoms with Gasteiger partial charge in [-0.1, -0.05) is 24.3 Å². The van der Waals surface area contributed by atoms with Gasteiger partial charge in [0.05, 0.1) is 17.8 Å². The van der Waals surface area contributed by atoms with Gasteiger partial charge in [-0.15, -0.1) is 0 Å². The molecule has 0 bridgehead atoms. The van der Waals surface area contributed by atoms with E-state index in [2.05, 4.69) is 5.32 Å². The molecule has 0 radical (unpaired) electrons. The lowest BCUT2D eigenvalue weighted by Crippen LogP contribution is -2.27. The van der Waals surface area contributed by atoms with Gasteiger partial charge in [0.25, 0.3) is 5.91 Å². The van der Waals surface area contributed by atoms with Crippen LogP contribution in [0.3, 0.4) is 0 Å². The minimum absolute atomic E-state index is 0.0105. The van der Waals surface area contributed by atoms with E-state index in [9.17, 15) is 9.59 Å². The Balaban J connectivity index is 1.66. The Kier molecular flexibility index (Phi) is 4.44. The Hall–Kier alpha value is -3.08. The minimum Gasteiger partial charge on any atom is -0.464 e. The number of rotatable bonds is 5. The van der Waals surface area contributed by atoms with Crippen molar-refractivity contribution in [3.63, 3.8) is 0 Å². The summed E-state index contributed by atoms with van der Waals surface area (Å²) in [5, 5.41) is 4.91. The molecule has 1 aromatic heterocycles. The van der Waals surface area contributed by atoms with Crippen molar-refractivity contribution in [3.05, 3.63) is 65.6 Å². The molecule has 4 rings (SSSR count). The van der Waals surface area contributed by atoms with Crippen LogP contribution in [-0.2, 0) is 11.3 Å². The number of furan rings is 1. The fraction of sp³-hybridized carbons (Fsp3) is 0.273. The Morgan fingerprint density at radius 1 is 1.11 bits per heavy atom. The second-order valence-corrected chi connectivity index (χ2v) is 7.18. The van der Waals surface area contributed by atoms with E-state index in [0.29, 0.717) is 17.8 Å². The first-order valence-electron chi connectivity index (χ1n) is 9.16. The van der Waals surface area contributed by atoms with Crippen LogP contribution < -0.4 is 5.32 Å². The number of benzene rings is 2. The molecule has 0 spiro atoms. The molecule has 138 valence electrons. The van der Waals surface area contributed by atoms with Crippen LogP contribution in [0.4, 0.5) is 5.69 Å². The summed E-state index contributed by atoms with van der Waals surface area (Å²) in [6.45, 7) is 2.25. The second kappa shape index (κ2) is 6.91. The number of anilines is 1. The topological polar surface area (TPSA) is 62.6 Å². The van der Waals surface area contributed by atoms with Gasteiger partial charge in [-0.25, -0.2) is 0 Å². The molecule has 0 atom stereocenters. The average Bonchev–Trinajstić information content (AvgIpc) is 3.43. The Morgan fingerprint density at radius 2 is 1.81 bits per heavy atom. The predicted octanol–water partition coefficient (Wildman–Crippen LogP) is 4.36. The molecule has 5 heteroatoms. The first-order valence-corrected chi connectivity index (χ1v) is 9.16. The molecule has 2 amide bonds. The Labute approximate surface area is 158 Å². The third-order valence-electron chi connectivity index (χ3n) is 4.86. The second-order valence-electron chi connectivity index (χ2n) is 7.18. The van der Waals surface area contributed by atoms with E-state index in [1.165, 1.54) is 0 Å². The lowest BCUT2D eigenvalue weighted by molar-refractivity contribution is -0.117. The van der Waals surface area contributed by atoms with Crippen molar-refractivity contribution in [2.75, 3.05) is 12.4 Å². The Morgan fingerprint density at radius 3 is 2.44 bits per heavy atom. The molecule has 3 aromatic rings. The number of aryl methyl sites for hydroxylation is 1. The number of nitrogens with zero attached hydrogens (tertiary/aromatic N) is 1. The van der Waals surface area contributed by atoms with Crippen molar-refractivity contribution in [2.24, 2.45) is 5.92 Å². The van der Waals surface area contributed by atoms with Crippen LogP contribution in [0.25, 0.3) is 10.8 Å². The number of nitrogens with one attached hydrogen (secondary N) is 1. The van der Waals surface area contributed by atoms with E-state index in [-0.39, 0.29) is 17.7 Å². The number of fused-ring (bicyclic) bond motifs is 1. The Bertz CT molecular complexity index is 1020. The SMILES string of the molecule is Cc1ccc(CN(C)C(=O)c2cc3ccccc3cc2NC(=O)C2CC2)o1.